The Labute approximate surface area is 139 Å². The maximum atomic E-state index is 12.1. The maximum absolute atomic E-state index is 12.1. The zero-order valence-corrected chi connectivity index (χ0v) is 15.5. The van der Waals surface area contributed by atoms with Gasteiger partial charge in [-0.05, 0) is 63.9 Å². The van der Waals surface area contributed by atoms with Crippen molar-refractivity contribution in [2.45, 2.75) is 23.8 Å². The van der Waals surface area contributed by atoms with Crippen molar-refractivity contribution in [1.29, 1.82) is 0 Å². The van der Waals surface area contributed by atoms with Crippen molar-refractivity contribution in [1.82, 2.24) is 10.0 Å². The molecule has 0 atom stereocenters. The number of ether oxygens (including phenoxy) is 1. The lowest BCUT2D eigenvalue weighted by molar-refractivity contribution is 0.0367. The summed E-state index contributed by atoms with van der Waals surface area (Å²) in [6.45, 7) is 2.61. The highest BCUT2D eigenvalue weighted by Crippen LogP contribution is 2.34. The molecule has 0 radical (unpaired) electrons. The highest BCUT2D eigenvalue weighted by atomic mass is 79.9. The van der Waals surface area contributed by atoms with Gasteiger partial charge < -0.3 is 10.1 Å². The SMILES string of the molecule is O=S(=O)(NCCOC1CCNCC1)c1cc(Br)sc1Br. The number of nitrogens with one attached hydrogen (secondary N) is 2. The van der Waals surface area contributed by atoms with E-state index in [0.717, 1.165) is 29.7 Å². The van der Waals surface area contributed by atoms with E-state index in [9.17, 15) is 8.42 Å². The molecule has 1 aromatic rings. The Hall–Kier alpha value is 0.490. The van der Waals surface area contributed by atoms with Gasteiger partial charge in [-0.1, -0.05) is 0 Å². The molecule has 2 N–H and O–H groups in total. The van der Waals surface area contributed by atoms with E-state index in [0.29, 0.717) is 10.4 Å². The third-order valence-electron chi connectivity index (χ3n) is 2.95. The number of piperidine rings is 1. The van der Waals surface area contributed by atoms with Crippen molar-refractivity contribution < 1.29 is 13.2 Å². The summed E-state index contributed by atoms with van der Waals surface area (Å²) in [6.07, 6.45) is 2.20. The van der Waals surface area contributed by atoms with Crippen molar-refractivity contribution >= 4 is 53.2 Å². The van der Waals surface area contributed by atoms with Crippen LogP contribution in [0.5, 0.6) is 0 Å². The van der Waals surface area contributed by atoms with E-state index in [1.54, 1.807) is 6.07 Å². The number of hydrogen-bond donors (Lipinski definition) is 2. The molecule has 0 saturated carbocycles. The lowest BCUT2D eigenvalue weighted by atomic mass is 10.1. The van der Waals surface area contributed by atoms with Gasteiger partial charge in [0, 0.05) is 6.54 Å². The molecule has 0 unspecified atom stereocenters. The van der Waals surface area contributed by atoms with Crippen molar-refractivity contribution in [3.8, 4) is 0 Å². The first-order chi connectivity index (χ1) is 9.49. The number of rotatable bonds is 6. The average Bonchev–Trinajstić information content (AvgIpc) is 2.76. The van der Waals surface area contributed by atoms with Crippen molar-refractivity contribution in [3.63, 3.8) is 0 Å². The van der Waals surface area contributed by atoms with Crippen molar-refractivity contribution in [3.05, 3.63) is 13.6 Å². The Kier molecular flexibility index (Phi) is 6.46. The Bertz CT molecular complexity index is 542. The summed E-state index contributed by atoms with van der Waals surface area (Å²) in [7, 11) is -3.48. The summed E-state index contributed by atoms with van der Waals surface area (Å²) >= 11 is 7.86. The van der Waals surface area contributed by atoms with Crippen LogP contribution in [0.3, 0.4) is 0 Å². The lowest BCUT2D eigenvalue weighted by Gasteiger charge is -2.22. The minimum Gasteiger partial charge on any atom is -0.377 e. The minimum atomic E-state index is -3.48. The summed E-state index contributed by atoms with van der Waals surface area (Å²) < 4.78 is 33.8. The predicted octanol–water partition coefficient (Wildman–Crippen LogP) is 2.32. The normalized spacial score (nSPS) is 17.5. The molecule has 1 saturated heterocycles. The Balaban J connectivity index is 1.79. The first-order valence-electron chi connectivity index (χ1n) is 6.26. The van der Waals surface area contributed by atoms with Gasteiger partial charge in [0.15, 0.2) is 0 Å². The second kappa shape index (κ2) is 7.66. The van der Waals surface area contributed by atoms with Crippen LogP contribution in [0.1, 0.15) is 12.8 Å². The van der Waals surface area contributed by atoms with Crippen molar-refractivity contribution in [2.75, 3.05) is 26.2 Å². The number of halogens is 2. The third-order valence-corrected chi connectivity index (χ3v) is 7.16. The largest absolute Gasteiger partial charge is 0.377 e. The first-order valence-corrected chi connectivity index (χ1v) is 10.1. The van der Waals surface area contributed by atoms with Crippen LogP contribution < -0.4 is 10.0 Å². The van der Waals surface area contributed by atoms with E-state index in [-0.39, 0.29) is 17.5 Å². The summed E-state index contributed by atoms with van der Waals surface area (Å²) in [5.74, 6) is 0. The number of hydrogen-bond acceptors (Lipinski definition) is 5. The summed E-state index contributed by atoms with van der Waals surface area (Å²) in [6, 6.07) is 1.59. The number of thiophene rings is 1. The third kappa shape index (κ3) is 4.75. The molecule has 2 heterocycles. The second-order valence-electron chi connectivity index (χ2n) is 4.41. The summed E-state index contributed by atoms with van der Waals surface area (Å²) in [5, 5.41) is 3.26. The van der Waals surface area contributed by atoms with E-state index in [2.05, 4.69) is 41.9 Å². The van der Waals surface area contributed by atoms with Gasteiger partial charge in [-0.2, -0.15) is 0 Å². The smallest absolute Gasteiger partial charge is 0.242 e. The van der Waals surface area contributed by atoms with Crippen LogP contribution >= 0.6 is 43.2 Å². The van der Waals surface area contributed by atoms with Crippen LogP contribution in [0.2, 0.25) is 0 Å². The van der Waals surface area contributed by atoms with Crippen LogP contribution in [0, 0.1) is 0 Å². The van der Waals surface area contributed by atoms with E-state index < -0.39 is 10.0 Å². The Morgan fingerprint density at radius 1 is 1.40 bits per heavy atom. The molecule has 1 aromatic heterocycles. The fourth-order valence-corrected chi connectivity index (χ4v) is 6.77. The zero-order chi connectivity index (χ0) is 14.6. The van der Waals surface area contributed by atoms with Crippen LogP contribution in [-0.4, -0.2) is 40.8 Å². The molecule has 0 aliphatic carbocycles. The van der Waals surface area contributed by atoms with Gasteiger partial charge >= 0.3 is 0 Å². The quantitative estimate of drug-likeness (QED) is 0.656. The minimum absolute atomic E-state index is 0.239. The second-order valence-corrected chi connectivity index (χ2v) is 9.89. The van der Waals surface area contributed by atoms with E-state index >= 15 is 0 Å². The Morgan fingerprint density at radius 2 is 2.10 bits per heavy atom. The van der Waals surface area contributed by atoms with Gasteiger partial charge in [0.05, 0.1) is 20.3 Å². The molecule has 114 valence electrons. The molecule has 20 heavy (non-hydrogen) atoms. The summed E-state index contributed by atoms with van der Waals surface area (Å²) in [4.78, 5) is 0.260. The molecular formula is C11H16Br2N2O3S2. The highest BCUT2D eigenvalue weighted by Gasteiger charge is 2.20. The molecule has 2 rings (SSSR count). The highest BCUT2D eigenvalue weighted by molar-refractivity contribution is 9.12. The molecule has 0 aromatic carbocycles. The average molecular weight is 448 g/mol. The van der Waals surface area contributed by atoms with E-state index in [1.807, 2.05) is 0 Å². The summed E-state index contributed by atoms with van der Waals surface area (Å²) in [5.41, 5.74) is 0. The van der Waals surface area contributed by atoms with Gasteiger partial charge in [-0.3, -0.25) is 0 Å². The fourth-order valence-electron chi connectivity index (χ4n) is 1.95. The molecule has 1 fully saturated rings. The fraction of sp³-hybridized carbons (Fsp3) is 0.636. The van der Waals surface area contributed by atoms with Crippen LogP contribution in [0.25, 0.3) is 0 Å². The van der Waals surface area contributed by atoms with Crippen LogP contribution in [-0.2, 0) is 14.8 Å². The van der Waals surface area contributed by atoms with Crippen LogP contribution in [0.4, 0.5) is 0 Å². The standard InChI is InChI=1S/C11H16Br2N2O3S2/c12-10-7-9(11(13)19-10)20(16,17)15-5-6-18-8-1-3-14-4-2-8/h7-8,14-15H,1-6H2. The molecular weight excluding hydrogens is 432 g/mol. The predicted molar refractivity (Wildman–Crippen MR) is 86.8 cm³/mol. The van der Waals surface area contributed by atoms with Gasteiger partial charge in [0.1, 0.15) is 4.90 Å². The topological polar surface area (TPSA) is 67.4 Å². The molecule has 9 heteroatoms. The Morgan fingerprint density at radius 3 is 2.70 bits per heavy atom. The monoisotopic (exact) mass is 446 g/mol. The van der Waals surface area contributed by atoms with E-state index in [1.165, 1.54) is 11.3 Å². The molecule has 0 amide bonds. The molecule has 0 spiro atoms. The zero-order valence-electron chi connectivity index (χ0n) is 10.7. The molecule has 1 aliphatic rings. The van der Waals surface area contributed by atoms with Crippen LogP contribution in [0.15, 0.2) is 18.5 Å². The van der Waals surface area contributed by atoms with E-state index in [4.69, 9.17) is 4.74 Å². The lowest BCUT2D eigenvalue weighted by Crippen LogP contribution is -2.34. The van der Waals surface area contributed by atoms with Gasteiger partial charge in [-0.15, -0.1) is 11.3 Å². The first kappa shape index (κ1) is 16.9. The van der Waals surface area contributed by atoms with Gasteiger partial charge in [-0.25, -0.2) is 13.1 Å². The maximum Gasteiger partial charge on any atom is 0.242 e. The molecule has 1 aliphatic heterocycles. The number of sulfonamides is 1. The van der Waals surface area contributed by atoms with Gasteiger partial charge in [0.2, 0.25) is 10.0 Å². The van der Waals surface area contributed by atoms with Crippen molar-refractivity contribution in [2.24, 2.45) is 0 Å². The molecule has 5 nitrogen and oxygen atoms in total. The van der Waals surface area contributed by atoms with Gasteiger partial charge in [0.25, 0.3) is 0 Å². The molecule has 0 bridgehead atoms.